The van der Waals surface area contributed by atoms with Crippen LogP contribution in [0.25, 0.3) is 0 Å². The van der Waals surface area contributed by atoms with E-state index in [-0.39, 0.29) is 12.6 Å². The van der Waals surface area contributed by atoms with E-state index < -0.39 is 12.0 Å². The molecule has 0 bridgehead atoms. The lowest BCUT2D eigenvalue weighted by atomic mass is 9.94. The zero-order valence-corrected chi connectivity index (χ0v) is 13.4. The summed E-state index contributed by atoms with van der Waals surface area (Å²) in [6.45, 7) is 6.00. The van der Waals surface area contributed by atoms with Crippen LogP contribution in [0.1, 0.15) is 37.9 Å². The highest BCUT2D eigenvalue weighted by molar-refractivity contribution is 5.95. The lowest BCUT2D eigenvalue weighted by molar-refractivity contribution is -0.139. The molecule has 1 aromatic carbocycles. The van der Waals surface area contributed by atoms with Crippen molar-refractivity contribution in [3.63, 3.8) is 0 Å². The fourth-order valence-electron chi connectivity index (χ4n) is 2.67. The van der Waals surface area contributed by atoms with Gasteiger partial charge in [-0.25, -0.2) is 9.59 Å². The van der Waals surface area contributed by atoms with Crippen LogP contribution in [0.5, 0.6) is 0 Å². The molecule has 6 nitrogen and oxygen atoms in total. The Morgan fingerprint density at radius 2 is 2.17 bits per heavy atom. The topological polar surface area (TPSA) is 82.4 Å². The van der Waals surface area contributed by atoms with Crippen LogP contribution in [0.4, 0.5) is 4.79 Å². The SMILES string of the molecule is CCOC(=O)C1=C(C)N(CC)C(=O)N[C@H]1c1cccc(C#N)c1. The van der Waals surface area contributed by atoms with Crippen molar-refractivity contribution in [2.45, 2.75) is 26.8 Å². The van der Waals surface area contributed by atoms with E-state index in [4.69, 9.17) is 10.00 Å². The maximum absolute atomic E-state index is 12.4. The van der Waals surface area contributed by atoms with E-state index in [0.29, 0.717) is 28.9 Å². The van der Waals surface area contributed by atoms with Crippen LogP contribution in [-0.2, 0) is 9.53 Å². The number of nitrogens with one attached hydrogen (secondary N) is 1. The van der Waals surface area contributed by atoms with Gasteiger partial charge in [0.15, 0.2) is 0 Å². The predicted octanol–water partition coefficient (Wildman–Crippen LogP) is 2.48. The highest BCUT2D eigenvalue weighted by atomic mass is 16.5. The zero-order valence-electron chi connectivity index (χ0n) is 13.4. The van der Waals surface area contributed by atoms with Gasteiger partial charge >= 0.3 is 12.0 Å². The fourth-order valence-corrected chi connectivity index (χ4v) is 2.67. The van der Waals surface area contributed by atoms with Crippen LogP contribution in [-0.4, -0.2) is 30.1 Å². The van der Waals surface area contributed by atoms with Crippen molar-refractivity contribution in [3.8, 4) is 6.07 Å². The second-order valence-electron chi connectivity index (χ2n) is 5.08. The van der Waals surface area contributed by atoms with E-state index in [1.54, 1.807) is 38.1 Å². The third kappa shape index (κ3) is 3.19. The molecule has 120 valence electrons. The van der Waals surface area contributed by atoms with E-state index in [2.05, 4.69) is 11.4 Å². The highest BCUT2D eigenvalue weighted by Crippen LogP contribution is 2.31. The summed E-state index contributed by atoms with van der Waals surface area (Å²) in [7, 11) is 0. The van der Waals surface area contributed by atoms with E-state index in [1.165, 1.54) is 4.90 Å². The quantitative estimate of drug-likeness (QED) is 0.866. The maximum Gasteiger partial charge on any atom is 0.338 e. The molecule has 2 rings (SSSR count). The molecule has 0 fully saturated rings. The average Bonchev–Trinajstić information content (AvgIpc) is 2.54. The number of allylic oxidation sites excluding steroid dienone is 1. The van der Waals surface area contributed by atoms with E-state index >= 15 is 0 Å². The minimum absolute atomic E-state index is 0.251. The van der Waals surface area contributed by atoms with Crippen LogP contribution >= 0.6 is 0 Å². The molecule has 1 heterocycles. The minimum Gasteiger partial charge on any atom is -0.463 e. The molecule has 0 saturated heterocycles. The van der Waals surface area contributed by atoms with Gasteiger partial charge in [-0.05, 0) is 38.5 Å². The monoisotopic (exact) mass is 313 g/mol. The standard InChI is InChI=1S/C17H19N3O3/c1-4-20-11(3)14(16(21)23-5-2)15(19-17(20)22)13-8-6-7-12(9-13)10-18/h6-9,15H,4-5H2,1-3H3,(H,19,22)/t15-/m0/s1. The largest absolute Gasteiger partial charge is 0.463 e. The Hall–Kier alpha value is -2.81. The molecule has 1 aliphatic rings. The molecule has 0 aliphatic carbocycles. The van der Waals surface area contributed by atoms with E-state index in [0.717, 1.165) is 0 Å². The van der Waals surface area contributed by atoms with Crippen molar-refractivity contribution in [1.29, 1.82) is 5.26 Å². The number of hydrogen-bond donors (Lipinski definition) is 1. The molecule has 0 radical (unpaired) electrons. The van der Waals surface area contributed by atoms with Crippen molar-refractivity contribution in [2.75, 3.05) is 13.2 Å². The van der Waals surface area contributed by atoms with Gasteiger partial charge in [0.1, 0.15) is 0 Å². The lowest BCUT2D eigenvalue weighted by Gasteiger charge is -2.34. The Morgan fingerprint density at radius 1 is 1.43 bits per heavy atom. The Balaban J connectivity index is 2.55. The molecular weight excluding hydrogens is 294 g/mol. The molecule has 1 N–H and O–H groups in total. The van der Waals surface area contributed by atoms with Crippen LogP contribution in [0.15, 0.2) is 35.5 Å². The third-order valence-corrected chi connectivity index (χ3v) is 3.76. The van der Waals surface area contributed by atoms with Gasteiger partial charge in [0.05, 0.1) is 29.9 Å². The number of carbonyl (C=O) groups excluding carboxylic acids is 2. The molecular formula is C17H19N3O3. The predicted molar refractivity (Wildman–Crippen MR) is 84.1 cm³/mol. The normalized spacial score (nSPS) is 17.6. The molecule has 6 heteroatoms. The zero-order chi connectivity index (χ0) is 17.0. The van der Waals surface area contributed by atoms with Gasteiger partial charge in [-0.1, -0.05) is 12.1 Å². The number of urea groups is 1. The fraction of sp³-hybridized carbons (Fsp3) is 0.353. The third-order valence-electron chi connectivity index (χ3n) is 3.76. The summed E-state index contributed by atoms with van der Waals surface area (Å²) >= 11 is 0. The first-order chi connectivity index (χ1) is 11.0. The van der Waals surface area contributed by atoms with Gasteiger partial charge in [-0.2, -0.15) is 5.26 Å². The number of esters is 1. The molecule has 0 aromatic heterocycles. The number of hydrogen-bond acceptors (Lipinski definition) is 4. The number of ether oxygens (including phenoxy) is 1. The number of carbonyl (C=O) groups is 2. The highest BCUT2D eigenvalue weighted by Gasteiger charge is 2.35. The molecule has 0 unspecified atom stereocenters. The molecule has 2 amide bonds. The minimum atomic E-state index is -0.627. The summed E-state index contributed by atoms with van der Waals surface area (Å²) in [5, 5.41) is 11.9. The Morgan fingerprint density at radius 3 is 2.78 bits per heavy atom. The molecule has 1 atom stereocenters. The van der Waals surface area contributed by atoms with Gasteiger partial charge in [0.25, 0.3) is 0 Å². The van der Waals surface area contributed by atoms with Gasteiger partial charge in [0, 0.05) is 12.2 Å². The van der Waals surface area contributed by atoms with Crippen molar-refractivity contribution in [3.05, 3.63) is 46.7 Å². The number of rotatable bonds is 4. The van der Waals surface area contributed by atoms with E-state index in [1.807, 2.05) is 6.92 Å². The first-order valence-corrected chi connectivity index (χ1v) is 7.49. The summed E-state index contributed by atoms with van der Waals surface area (Å²) in [4.78, 5) is 26.2. The summed E-state index contributed by atoms with van der Waals surface area (Å²) in [6, 6.07) is 8.01. The molecule has 23 heavy (non-hydrogen) atoms. The summed E-state index contributed by atoms with van der Waals surface area (Å²) < 4.78 is 5.15. The smallest absolute Gasteiger partial charge is 0.338 e. The lowest BCUT2D eigenvalue weighted by Crippen LogP contribution is -2.47. The molecule has 0 saturated carbocycles. The van der Waals surface area contributed by atoms with Crippen LogP contribution in [0.3, 0.4) is 0 Å². The second kappa shape index (κ2) is 6.97. The molecule has 1 aliphatic heterocycles. The number of nitriles is 1. The average molecular weight is 313 g/mol. The first-order valence-electron chi connectivity index (χ1n) is 7.49. The Kier molecular flexibility index (Phi) is 5.02. The van der Waals surface area contributed by atoms with Crippen molar-refractivity contribution in [1.82, 2.24) is 10.2 Å². The maximum atomic E-state index is 12.4. The van der Waals surface area contributed by atoms with Gasteiger partial charge in [0.2, 0.25) is 0 Å². The Labute approximate surface area is 135 Å². The van der Waals surface area contributed by atoms with E-state index in [9.17, 15) is 9.59 Å². The second-order valence-corrected chi connectivity index (χ2v) is 5.08. The van der Waals surface area contributed by atoms with Crippen molar-refractivity contribution in [2.24, 2.45) is 0 Å². The van der Waals surface area contributed by atoms with Crippen molar-refractivity contribution >= 4 is 12.0 Å². The molecule has 0 spiro atoms. The van der Waals surface area contributed by atoms with Crippen LogP contribution in [0, 0.1) is 11.3 Å². The van der Waals surface area contributed by atoms with Gasteiger partial charge in [-0.3, -0.25) is 4.90 Å². The van der Waals surface area contributed by atoms with Crippen molar-refractivity contribution < 1.29 is 14.3 Å². The van der Waals surface area contributed by atoms with Gasteiger partial charge < -0.3 is 10.1 Å². The summed E-state index contributed by atoms with van der Waals surface area (Å²) in [5.74, 6) is -0.462. The van der Waals surface area contributed by atoms with Crippen LogP contribution in [0.2, 0.25) is 0 Å². The summed E-state index contributed by atoms with van der Waals surface area (Å²) in [5.41, 5.74) is 2.11. The Bertz CT molecular complexity index is 703. The number of nitrogens with zero attached hydrogens (tertiary/aromatic N) is 2. The first kappa shape index (κ1) is 16.6. The number of benzene rings is 1. The summed E-state index contributed by atoms with van der Waals surface area (Å²) in [6.07, 6.45) is 0. The molecule has 1 aromatic rings. The van der Waals surface area contributed by atoms with Gasteiger partial charge in [-0.15, -0.1) is 0 Å². The van der Waals surface area contributed by atoms with Crippen LogP contribution < -0.4 is 5.32 Å². The number of amides is 2.